The predicted octanol–water partition coefficient (Wildman–Crippen LogP) is 1.80. The Bertz CT molecular complexity index is 616. The van der Waals surface area contributed by atoms with E-state index >= 15 is 0 Å². The molecule has 144 valence electrons. The molecule has 1 saturated heterocycles. The number of hydrogen-bond donors (Lipinski definition) is 2. The zero-order chi connectivity index (χ0) is 18.9. The van der Waals surface area contributed by atoms with E-state index in [-0.39, 0.29) is 5.91 Å². The van der Waals surface area contributed by atoms with Crippen LogP contribution in [0.25, 0.3) is 0 Å². The fourth-order valence-electron chi connectivity index (χ4n) is 3.48. The number of amides is 1. The van der Waals surface area contributed by atoms with E-state index in [1.54, 1.807) is 0 Å². The Kier molecular flexibility index (Phi) is 7.91. The molecule has 0 aliphatic carbocycles. The van der Waals surface area contributed by atoms with E-state index in [4.69, 9.17) is 5.73 Å². The minimum atomic E-state index is -0.214. The number of hydrogen-bond acceptors (Lipinski definition) is 3. The highest BCUT2D eigenvalue weighted by atomic mass is 16.1. The topological polar surface area (TPSA) is 74.0 Å². The van der Waals surface area contributed by atoms with Gasteiger partial charge in [0.2, 0.25) is 5.91 Å². The van der Waals surface area contributed by atoms with E-state index in [0.717, 1.165) is 51.5 Å². The Morgan fingerprint density at radius 1 is 1.42 bits per heavy atom. The summed E-state index contributed by atoms with van der Waals surface area (Å²) in [5.41, 5.74) is 7.94. The molecule has 1 aliphatic rings. The highest BCUT2D eigenvalue weighted by Gasteiger charge is 2.23. The lowest BCUT2D eigenvalue weighted by Gasteiger charge is -2.34. The molecule has 26 heavy (non-hydrogen) atoms. The molecule has 0 radical (unpaired) electrons. The Hall–Kier alpha value is -2.08. The van der Waals surface area contributed by atoms with Gasteiger partial charge in [-0.25, -0.2) is 0 Å². The summed E-state index contributed by atoms with van der Waals surface area (Å²) in [6.45, 7) is 6.71. The average molecular weight is 360 g/mol. The molecule has 1 aromatic carbocycles. The number of guanidine groups is 1. The van der Waals surface area contributed by atoms with Gasteiger partial charge in [-0.2, -0.15) is 0 Å². The molecule has 1 heterocycles. The first-order valence-electron chi connectivity index (χ1n) is 9.52. The van der Waals surface area contributed by atoms with Crippen LogP contribution < -0.4 is 11.1 Å². The molecular formula is C20H33N5O. The number of aliphatic imine (C=N–C) groups is 1. The number of primary amides is 1. The van der Waals surface area contributed by atoms with Crippen LogP contribution in [0.4, 0.5) is 0 Å². The molecule has 1 amide bonds. The summed E-state index contributed by atoms with van der Waals surface area (Å²) in [5, 5.41) is 3.47. The van der Waals surface area contributed by atoms with Crippen LogP contribution in [0, 0.1) is 5.92 Å². The Balaban J connectivity index is 1.92. The van der Waals surface area contributed by atoms with Crippen LogP contribution in [0.2, 0.25) is 0 Å². The third-order valence-electron chi connectivity index (χ3n) is 4.95. The highest BCUT2D eigenvalue weighted by molar-refractivity contribution is 5.80. The number of carbonyl (C=O) groups is 1. The van der Waals surface area contributed by atoms with Crippen LogP contribution in [0.3, 0.4) is 0 Å². The second-order valence-corrected chi connectivity index (χ2v) is 7.18. The molecule has 6 nitrogen and oxygen atoms in total. The van der Waals surface area contributed by atoms with Crippen molar-refractivity contribution in [2.24, 2.45) is 16.6 Å². The lowest BCUT2D eigenvalue weighted by molar-refractivity contribution is -0.119. The van der Waals surface area contributed by atoms with Gasteiger partial charge in [0, 0.05) is 39.6 Å². The fourth-order valence-corrected chi connectivity index (χ4v) is 3.48. The van der Waals surface area contributed by atoms with Gasteiger partial charge in [0.25, 0.3) is 0 Å². The largest absolute Gasteiger partial charge is 0.370 e. The van der Waals surface area contributed by atoms with Gasteiger partial charge in [0.1, 0.15) is 0 Å². The maximum atomic E-state index is 11.2. The standard InChI is InChI=1S/C20H33N5O/c1-4-24(3)14-17-8-5-7-16(11-17)13-23-20(22-2)25-10-6-9-18(15-25)12-19(21)26/h5,7-8,11,18H,4,6,9-10,12-15H2,1-3H3,(H2,21,26)(H,22,23). The van der Waals surface area contributed by atoms with Crippen molar-refractivity contribution in [1.29, 1.82) is 0 Å². The second kappa shape index (κ2) is 10.2. The van der Waals surface area contributed by atoms with Crippen molar-refractivity contribution in [3.05, 3.63) is 35.4 Å². The molecule has 1 unspecified atom stereocenters. The summed E-state index contributed by atoms with van der Waals surface area (Å²) in [4.78, 5) is 20.2. The number of benzene rings is 1. The van der Waals surface area contributed by atoms with Gasteiger partial charge in [-0.05, 0) is 43.5 Å². The van der Waals surface area contributed by atoms with Crippen LogP contribution in [-0.2, 0) is 17.9 Å². The van der Waals surface area contributed by atoms with Crippen molar-refractivity contribution < 1.29 is 4.79 Å². The molecule has 0 saturated carbocycles. The molecular weight excluding hydrogens is 326 g/mol. The van der Waals surface area contributed by atoms with Gasteiger partial charge in [-0.3, -0.25) is 9.79 Å². The first kappa shape index (κ1) is 20.2. The number of nitrogens with zero attached hydrogens (tertiary/aromatic N) is 3. The normalized spacial score (nSPS) is 18.2. The van der Waals surface area contributed by atoms with Crippen LogP contribution in [0.5, 0.6) is 0 Å². The van der Waals surface area contributed by atoms with Crippen LogP contribution in [0.1, 0.15) is 37.3 Å². The fraction of sp³-hybridized carbons (Fsp3) is 0.600. The van der Waals surface area contributed by atoms with Crippen LogP contribution >= 0.6 is 0 Å². The van der Waals surface area contributed by atoms with Crippen molar-refractivity contribution in [2.45, 2.75) is 39.3 Å². The van der Waals surface area contributed by atoms with E-state index in [1.165, 1.54) is 11.1 Å². The van der Waals surface area contributed by atoms with Crippen LogP contribution in [-0.4, -0.2) is 55.4 Å². The number of likely N-dealkylation sites (tertiary alicyclic amines) is 1. The van der Waals surface area contributed by atoms with Crippen molar-refractivity contribution in [3.63, 3.8) is 0 Å². The van der Waals surface area contributed by atoms with E-state index < -0.39 is 0 Å². The van der Waals surface area contributed by atoms with Gasteiger partial charge in [-0.1, -0.05) is 31.2 Å². The highest BCUT2D eigenvalue weighted by Crippen LogP contribution is 2.19. The summed E-state index contributed by atoms with van der Waals surface area (Å²) in [6.07, 6.45) is 2.58. The Morgan fingerprint density at radius 2 is 2.19 bits per heavy atom. The minimum absolute atomic E-state index is 0.214. The smallest absolute Gasteiger partial charge is 0.217 e. The van der Waals surface area contributed by atoms with E-state index in [0.29, 0.717) is 12.3 Å². The molecule has 1 atom stereocenters. The summed E-state index contributed by atoms with van der Waals surface area (Å²) >= 11 is 0. The number of piperidine rings is 1. The molecule has 1 fully saturated rings. The summed E-state index contributed by atoms with van der Waals surface area (Å²) in [7, 11) is 3.94. The van der Waals surface area contributed by atoms with Crippen LogP contribution in [0.15, 0.2) is 29.3 Å². The number of rotatable bonds is 7. The predicted molar refractivity (Wildman–Crippen MR) is 107 cm³/mol. The molecule has 3 N–H and O–H groups in total. The lowest BCUT2D eigenvalue weighted by Crippen LogP contribution is -2.46. The van der Waals surface area contributed by atoms with Gasteiger partial charge in [0.05, 0.1) is 0 Å². The van der Waals surface area contributed by atoms with E-state index in [1.807, 2.05) is 7.05 Å². The molecule has 0 bridgehead atoms. The quantitative estimate of drug-likeness (QED) is 0.575. The van der Waals surface area contributed by atoms with Gasteiger partial charge in [-0.15, -0.1) is 0 Å². The molecule has 2 rings (SSSR count). The van der Waals surface area contributed by atoms with Crippen molar-refractivity contribution in [1.82, 2.24) is 15.1 Å². The van der Waals surface area contributed by atoms with Gasteiger partial charge in [0.15, 0.2) is 5.96 Å². The maximum absolute atomic E-state index is 11.2. The van der Waals surface area contributed by atoms with E-state index in [2.05, 4.69) is 58.3 Å². The lowest BCUT2D eigenvalue weighted by atomic mass is 9.95. The molecule has 1 aliphatic heterocycles. The van der Waals surface area contributed by atoms with E-state index in [9.17, 15) is 4.79 Å². The van der Waals surface area contributed by atoms with Crippen molar-refractivity contribution in [3.8, 4) is 0 Å². The first-order valence-corrected chi connectivity index (χ1v) is 9.52. The zero-order valence-electron chi connectivity index (χ0n) is 16.4. The number of nitrogens with two attached hydrogens (primary N) is 1. The average Bonchev–Trinajstić information content (AvgIpc) is 2.62. The Labute approximate surface area is 157 Å². The van der Waals surface area contributed by atoms with Crippen molar-refractivity contribution in [2.75, 3.05) is 33.7 Å². The third kappa shape index (κ3) is 6.33. The summed E-state index contributed by atoms with van der Waals surface area (Å²) < 4.78 is 0. The summed E-state index contributed by atoms with van der Waals surface area (Å²) in [5.74, 6) is 1.01. The van der Waals surface area contributed by atoms with Gasteiger partial charge < -0.3 is 20.9 Å². The zero-order valence-corrected chi connectivity index (χ0v) is 16.4. The number of nitrogens with one attached hydrogen (secondary N) is 1. The molecule has 0 spiro atoms. The monoisotopic (exact) mass is 359 g/mol. The third-order valence-corrected chi connectivity index (χ3v) is 4.95. The first-order chi connectivity index (χ1) is 12.5. The number of carbonyl (C=O) groups excluding carboxylic acids is 1. The summed E-state index contributed by atoms with van der Waals surface area (Å²) in [6, 6.07) is 8.67. The molecule has 6 heteroatoms. The van der Waals surface area contributed by atoms with Crippen molar-refractivity contribution >= 4 is 11.9 Å². The molecule has 0 aromatic heterocycles. The second-order valence-electron chi connectivity index (χ2n) is 7.18. The van der Waals surface area contributed by atoms with Gasteiger partial charge >= 0.3 is 0 Å². The Morgan fingerprint density at radius 3 is 2.88 bits per heavy atom. The minimum Gasteiger partial charge on any atom is -0.370 e. The molecule has 1 aromatic rings. The maximum Gasteiger partial charge on any atom is 0.217 e. The SMILES string of the molecule is CCN(C)Cc1cccc(CNC(=NC)N2CCCC(CC(N)=O)C2)c1.